The van der Waals surface area contributed by atoms with Crippen molar-refractivity contribution in [3.8, 4) is 5.75 Å². The lowest BCUT2D eigenvalue weighted by molar-refractivity contribution is 0.415. The maximum Gasteiger partial charge on any atom is 0.183 e. The van der Waals surface area contributed by atoms with Crippen LogP contribution in [0.1, 0.15) is 0 Å². The molecular formula is C8H7N2O3S-. The summed E-state index contributed by atoms with van der Waals surface area (Å²) in [6, 6.07) is 5.11. The SMILES string of the molecule is COc1ccc2nc(S(=O)[O-])[nH]c2c1. The summed E-state index contributed by atoms with van der Waals surface area (Å²) >= 11 is -2.33. The summed E-state index contributed by atoms with van der Waals surface area (Å²) in [5.41, 5.74) is 1.24. The highest BCUT2D eigenvalue weighted by Gasteiger charge is 2.03. The van der Waals surface area contributed by atoms with Gasteiger partial charge < -0.3 is 14.3 Å². The number of fused-ring (bicyclic) bond motifs is 1. The van der Waals surface area contributed by atoms with Gasteiger partial charge in [-0.15, -0.1) is 0 Å². The van der Waals surface area contributed by atoms with Crippen LogP contribution < -0.4 is 4.74 Å². The zero-order valence-corrected chi connectivity index (χ0v) is 8.13. The van der Waals surface area contributed by atoms with Gasteiger partial charge in [-0.1, -0.05) is 0 Å². The molecule has 6 heteroatoms. The summed E-state index contributed by atoms with van der Waals surface area (Å²) in [6.45, 7) is 0. The molecule has 1 unspecified atom stereocenters. The fourth-order valence-corrected chi connectivity index (χ4v) is 1.54. The van der Waals surface area contributed by atoms with Crippen molar-refractivity contribution in [2.75, 3.05) is 7.11 Å². The third-order valence-electron chi connectivity index (χ3n) is 1.83. The number of imidazole rings is 1. The van der Waals surface area contributed by atoms with E-state index in [-0.39, 0.29) is 5.16 Å². The molecule has 1 aromatic carbocycles. The molecule has 0 aliphatic rings. The van der Waals surface area contributed by atoms with Crippen molar-refractivity contribution in [2.45, 2.75) is 5.16 Å². The Kier molecular flexibility index (Phi) is 2.22. The molecule has 2 aromatic rings. The minimum atomic E-state index is -2.33. The minimum Gasteiger partial charge on any atom is -0.766 e. The molecular weight excluding hydrogens is 204 g/mol. The van der Waals surface area contributed by atoms with Crippen molar-refractivity contribution in [2.24, 2.45) is 0 Å². The molecule has 0 aliphatic heterocycles. The number of methoxy groups -OCH3 is 1. The van der Waals surface area contributed by atoms with Crippen LogP contribution in [-0.2, 0) is 11.1 Å². The van der Waals surface area contributed by atoms with Crippen LogP contribution in [0.5, 0.6) is 5.75 Å². The molecule has 1 aromatic heterocycles. The molecule has 1 N–H and O–H groups in total. The summed E-state index contributed by atoms with van der Waals surface area (Å²) < 4.78 is 26.2. The first kappa shape index (κ1) is 9.17. The van der Waals surface area contributed by atoms with E-state index in [1.807, 2.05) is 0 Å². The van der Waals surface area contributed by atoms with Gasteiger partial charge in [0.05, 0.1) is 18.1 Å². The zero-order valence-electron chi connectivity index (χ0n) is 7.31. The topological polar surface area (TPSA) is 78.0 Å². The molecule has 1 heterocycles. The third kappa shape index (κ3) is 1.49. The molecule has 14 heavy (non-hydrogen) atoms. The van der Waals surface area contributed by atoms with Gasteiger partial charge in [-0.05, 0) is 12.1 Å². The smallest absolute Gasteiger partial charge is 0.183 e. The number of rotatable bonds is 2. The predicted octanol–water partition coefficient (Wildman–Crippen LogP) is 0.809. The average molecular weight is 211 g/mol. The normalized spacial score (nSPS) is 13.0. The van der Waals surface area contributed by atoms with E-state index in [2.05, 4.69) is 9.97 Å². The van der Waals surface area contributed by atoms with Crippen molar-refractivity contribution >= 4 is 22.1 Å². The van der Waals surface area contributed by atoms with Gasteiger partial charge in [0.1, 0.15) is 5.75 Å². The monoisotopic (exact) mass is 211 g/mol. The number of hydrogen-bond donors (Lipinski definition) is 1. The van der Waals surface area contributed by atoms with Crippen molar-refractivity contribution in [3.63, 3.8) is 0 Å². The first-order valence-corrected chi connectivity index (χ1v) is 4.91. The Morgan fingerprint density at radius 1 is 1.57 bits per heavy atom. The van der Waals surface area contributed by atoms with Gasteiger partial charge >= 0.3 is 0 Å². The Morgan fingerprint density at radius 3 is 3.00 bits per heavy atom. The Bertz CT molecular complexity index is 494. The molecule has 0 aliphatic carbocycles. The lowest BCUT2D eigenvalue weighted by atomic mass is 10.3. The van der Waals surface area contributed by atoms with Crippen LogP contribution >= 0.6 is 0 Å². The van der Waals surface area contributed by atoms with Gasteiger partial charge in [-0.25, -0.2) is 4.98 Å². The summed E-state index contributed by atoms with van der Waals surface area (Å²) in [4.78, 5) is 6.53. The predicted molar refractivity (Wildman–Crippen MR) is 49.8 cm³/mol. The highest BCUT2D eigenvalue weighted by molar-refractivity contribution is 7.79. The van der Waals surface area contributed by atoms with Gasteiger partial charge in [-0.2, -0.15) is 0 Å². The molecule has 0 bridgehead atoms. The molecule has 0 saturated heterocycles. The second-order valence-electron chi connectivity index (χ2n) is 2.66. The first-order chi connectivity index (χ1) is 6.70. The van der Waals surface area contributed by atoms with Crippen LogP contribution in [0.25, 0.3) is 11.0 Å². The van der Waals surface area contributed by atoms with Gasteiger partial charge in [-0.3, -0.25) is 4.21 Å². The molecule has 2 rings (SSSR count). The second kappa shape index (κ2) is 3.39. The standard InChI is InChI=1S/C8H8N2O3S/c1-13-5-2-3-6-7(4-5)10-8(9-6)14(11)12/h2-4H,1H3,(H,9,10)(H,11,12)/p-1. The van der Waals surface area contributed by atoms with Gasteiger partial charge in [0, 0.05) is 17.1 Å². The fraction of sp³-hybridized carbons (Fsp3) is 0.125. The van der Waals surface area contributed by atoms with Crippen molar-refractivity contribution in [3.05, 3.63) is 18.2 Å². The van der Waals surface area contributed by atoms with Crippen LogP contribution in [0, 0.1) is 0 Å². The molecule has 0 spiro atoms. The van der Waals surface area contributed by atoms with E-state index >= 15 is 0 Å². The second-order valence-corrected chi connectivity index (χ2v) is 3.52. The van der Waals surface area contributed by atoms with E-state index in [1.165, 1.54) is 0 Å². The lowest BCUT2D eigenvalue weighted by Gasteiger charge is -1.97. The molecule has 5 nitrogen and oxygen atoms in total. The van der Waals surface area contributed by atoms with Crippen LogP contribution in [0.4, 0.5) is 0 Å². The summed E-state index contributed by atoms with van der Waals surface area (Å²) in [6.07, 6.45) is 0. The Balaban J connectivity index is 2.60. The molecule has 0 radical (unpaired) electrons. The maximum atomic E-state index is 10.6. The fourth-order valence-electron chi connectivity index (χ4n) is 1.17. The largest absolute Gasteiger partial charge is 0.766 e. The first-order valence-electron chi connectivity index (χ1n) is 3.84. The van der Waals surface area contributed by atoms with Crippen molar-refractivity contribution in [1.82, 2.24) is 9.97 Å². The zero-order chi connectivity index (χ0) is 10.1. The number of nitrogens with zero attached hydrogens (tertiary/aromatic N) is 1. The Hall–Kier alpha value is -1.40. The number of hydrogen-bond acceptors (Lipinski definition) is 4. The number of ether oxygens (including phenoxy) is 1. The van der Waals surface area contributed by atoms with Crippen LogP contribution in [0.2, 0.25) is 0 Å². The third-order valence-corrected chi connectivity index (χ3v) is 2.33. The van der Waals surface area contributed by atoms with Gasteiger partial charge in [0.2, 0.25) is 0 Å². The summed E-state index contributed by atoms with van der Waals surface area (Å²) in [5, 5.41) is -0.0618. The molecule has 0 amide bonds. The highest BCUT2D eigenvalue weighted by atomic mass is 32.2. The van der Waals surface area contributed by atoms with E-state index < -0.39 is 11.1 Å². The molecule has 74 valence electrons. The molecule has 0 fully saturated rings. The molecule has 0 saturated carbocycles. The Morgan fingerprint density at radius 2 is 2.36 bits per heavy atom. The highest BCUT2D eigenvalue weighted by Crippen LogP contribution is 2.19. The van der Waals surface area contributed by atoms with Crippen LogP contribution in [0.15, 0.2) is 23.4 Å². The van der Waals surface area contributed by atoms with Crippen LogP contribution in [-0.4, -0.2) is 25.8 Å². The minimum absolute atomic E-state index is 0.0618. The number of nitrogens with one attached hydrogen (secondary N) is 1. The molecule has 1 atom stereocenters. The summed E-state index contributed by atoms with van der Waals surface area (Å²) in [7, 11) is 1.55. The number of H-pyrrole nitrogens is 1. The number of aromatic amines is 1. The number of aromatic nitrogens is 2. The van der Waals surface area contributed by atoms with E-state index in [1.54, 1.807) is 25.3 Å². The van der Waals surface area contributed by atoms with Crippen LogP contribution in [0.3, 0.4) is 0 Å². The van der Waals surface area contributed by atoms with Crippen molar-refractivity contribution in [1.29, 1.82) is 0 Å². The maximum absolute atomic E-state index is 10.6. The quantitative estimate of drug-likeness (QED) is 0.745. The van der Waals surface area contributed by atoms with Gasteiger partial charge in [0.15, 0.2) is 5.16 Å². The lowest BCUT2D eigenvalue weighted by Crippen LogP contribution is -1.89. The van der Waals surface area contributed by atoms with E-state index in [0.717, 1.165) is 0 Å². The number of benzene rings is 1. The van der Waals surface area contributed by atoms with Crippen molar-refractivity contribution < 1.29 is 13.5 Å². The van der Waals surface area contributed by atoms with E-state index in [0.29, 0.717) is 16.8 Å². The average Bonchev–Trinajstić information content (AvgIpc) is 2.59. The van der Waals surface area contributed by atoms with Gasteiger partial charge in [0.25, 0.3) is 0 Å². The van der Waals surface area contributed by atoms with E-state index in [4.69, 9.17) is 4.74 Å². The Labute approximate surface area is 82.4 Å². The summed E-state index contributed by atoms with van der Waals surface area (Å²) in [5.74, 6) is 0.657. The van der Waals surface area contributed by atoms with E-state index in [9.17, 15) is 8.76 Å².